The quantitative estimate of drug-likeness (QED) is 0.283. The fraction of sp³-hybridized carbons (Fsp3) is 0.357. The van der Waals surface area contributed by atoms with Crippen LogP contribution in [0.3, 0.4) is 0 Å². The molecule has 1 aromatic rings. The third kappa shape index (κ3) is 5.03. The van der Waals surface area contributed by atoms with Gasteiger partial charge < -0.3 is 15.2 Å². The lowest BCUT2D eigenvalue weighted by atomic mass is 10.0. The molecule has 3 N–H and O–H groups in total. The van der Waals surface area contributed by atoms with Gasteiger partial charge in [0.25, 0.3) is 0 Å². The highest BCUT2D eigenvalue weighted by Gasteiger charge is 2.13. The van der Waals surface area contributed by atoms with Crippen LogP contribution in [0.1, 0.15) is 23.6 Å². The molecular formula is C14H19N3O3S. The van der Waals surface area contributed by atoms with Gasteiger partial charge in [-0.3, -0.25) is 10.2 Å². The number of hydrogen-bond donors (Lipinski definition) is 2. The highest BCUT2D eigenvalue weighted by atomic mass is 32.1. The summed E-state index contributed by atoms with van der Waals surface area (Å²) < 4.78 is 10.8. The van der Waals surface area contributed by atoms with E-state index in [4.69, 9.17) is 15.2 Å². The van der Waals surface area contributed by atoms with Crippen molar-refractivity contribution in [2.24, 2.45) is 10.8 Å². The molecule has 1 rings (SSSR count). The van der Waals surface area contributed by atoms with E-state index < -0.39 is 0 Å². The van der Waals surface area contributed by atoms with E-state index in [0.29, 0.717) is 11.5 Å². The zero-order chi connectivity index (χ0) is 16.0. The molecule has 0 aliphatic heterocycles. The molecule has 0 aliphatic carbocycles. The predicted octanol–water partition coefficient (Wildman–Crippen LogP) is 1.73. The SMILES string of the molecule is CC(=O)Oc1c(C)cc(OC/C=N/NC(N)=S)c(C)c1C. The van der Waals surface area contributed by atoms with E-state index in [2.05, 4.69) is 22.7 Å². The van der Waals surface area contributed by atoms with E-state index >= 15 is 0 Å². The monoisotopic (exact) mass is 309 g/mol. The topological polar surface area (TPSA) is 85.9 Å². The van der Waals surface area contributed by atoms with Crippen molar-refractivity contribution in [1.29, 1.82) is 0 Å². The van der Waals surface area contributed by atoms with Crippen molar-refractivity contribution >= 4 is 29.5 Å². The Balaban J connectivity index is 2.83. The minimum atomic E-state index is -0.342. The summed E-state index contributed by atoms with van der Waals surface area (Å²) in [6.45, 7) is 7.30. The van der Waals surface area contributed by atoms with Gasteiger partial charge in [0, 0.05) is 6.92 Å². The molecule has 21 heavy (non-hydrogen) atoms. The van der Waals surface area contributed by atoms with Crippen LogP contribution in [0.5, 0.6) is 11.5 Å². The molecule has 0 fully saturated rings. The summed E-state index contributed by atoms with van der Waals surface area (Å²) in [4.78, 5) is 11.1. The maximum Gasteiger partial charge on any atom is 0.308 e. The number of carbonyl (C=O) groups excluding carboxylic acids is 1. The van der Waals surface area contributed by atoms with E-state index in [1.807, 2.05) is 26.8 Å². The summed E-state index contributed by atoms with van der Waals surface area (Å²) in [6.07, 6.45) is 1.52. The third-order valence-corrected chi connectivity index (χ3v) is 2.89. The first-order valence-electron chi connectivity index (χ1n) is 6.32. The van der Waals surface area contributed by atoms with Gasteiger partial charge in [0.1, 0.15) is 18.1 Å². The number of carbonyl (C=O) groups is 1. The van der Waals surface area contributed by atoms with Crippen molar-refractivity contribution in [3.63, 3.8) is 0 Å². The highest BCUT2D eigenvalue weighted by molar-refractivity contribution is 7.80. The Morgan fingerprint density at radius 2 is 2.10 bits per heavy atom. The van der Waals surface area contributed by atoms with Gasteiger partial charge in [0.15, 0.2) is 5.11 Å². The molecule has 0 amide bonds. The van der Waals surface area contributed by atoms with Gasteiger partial charge in [0.05, 0.1) is 6.21 Å². The first kappa shape index (κ1) is 16.9. The molecular weight excluding hydrogens is 290 g/mol. The minimum absolute atomic E-state index is 0.0971. The lowest BCUT2D eigenvalue weighted by Crippen LogP contribution is -2.24. The van der Waals surface area contributed by atoms with Crippen molar-refractivity contribution in [2.75, 3.05) is 6.61 Å². The zero-order valence-electron chi connectivity index (χ0n) is 12.5. The van der Waals surface area contributed by atoms with Crippen LogP contribution in [0.25, 0.3) is 0 Å². The minimum Gasteiger partial charge on any atom is -0.488 e. The second-order valence-corrected chi connectivity index (χ2v) is 4.90. The van der Waals surface area contributed by atoms with Gasteiger partial charge in [-0.15, -0.1) is 0 Å². The fourth-order valence-electron chi connectivity index (χ4n) is 1.75. The standard InChI is InChI=1S/C14H19N3O3S/c1-8-7-12(19-6-5-16-17-14(15)21)9(2)10(3)13(8)20-11(4)18/h5,7H,6H2,1-4H3,(H3,15,17,21)/b16-5+. The fourth-order valence-corrected chi connectivity index (χ4v) is 1.80. The second kappa shape index (κ2) is 7.58. The lowest BCUT2D eigenvalue weighted by molar-refractivity contribution is -0.131. The van der Waals surface area contributed by atoms with Crippen LogP contribution in [0.4, 0.5) is 0 Å². The predicted molar refractivity (Wildman–Crippen MR) is 85.9 cm³/mol. The van der Waals surface area contributed by atoms with E-state index in [0.717, 1.165) is 16.7 Å². The number of nitrogens with one attached hydrogen (secondary N) is 1. The van der Waals surface area contributed by atoms with E-state index in [1.165, 1.54) is 13.1 Å². The van der Waals surface area contributed by atoms with Crippen molar-refractivity contribution in [1.82, 2.24) is 5.43 Å². The number of ether oxygens (including phenoxy) is 2. The summed E-state index contributed by atoms with van der Waals surface area (Å²) in [7, 11) is 0. The Morgan fingerprint density at radius 3 is 2.67 bits per heavy atom. The summed E-state index contributed by atoms with van der Waals surface area (Å²) in [5, 5.41) is 3.88. The maximum absolute atomic E-state index is 11.1. The van der Waals surface area contributed by atoms with Gasteiger partial charge in [-0.05, 0) is 55.7 Å². The number of nitrogens with two attached hydrogens (primary N) is 1. The highest BCUT2D eigenvalue weighted by Crippen LogP contribution is 2.33. The van der Waals surface area contributed by atoms with Crippen LogP contribution in [-0.2, 0) is 4.79 Å². The molecule has 0 bridgehead atoms. The normalized spacial score (nSPS) is 10.5. The molecule has 0 saturated heterocycles. The van der Waals surface area contributed by atoms with Crippen molar-refractivity contribution < 1.29 is 14.3 Å². The largest absolute Gasteiger partial charge is 0.488 e. The molecule has 0 unspecified atom stereocenters. The van der Waals surface area contributed by atoms with Crippen LogP contribution in [0.2, 0.25) is 0 Å². The first-order chi connectivity index (χ1) is 9.82. The lowest BCUT2D eigenvalue weighted by Gasteiger charge is -2.15. The molecule has 0 heterocycles. The second-order valence-electron chi connectivity index (χ2n) is 4.46. The summed E-state index contributed by atoms with van der Waals surface area (Å²) >= 11 is 4.61. The first-order valence-corrected chi connectivity index (χ1v) is 6.72. The summed E-state index contributed by atoms with van der Waals surface area (Å²) in [5.74, 6) is 0.948. The molecule has 0 aliphatic rings. The molecule has 0 radical (unpaired) electrons. The van der Waals surface area contributed by atoms with Crippen LogP contribution in [0, 0.1) is 20.8 Å². The summed E-state index contributed by atoms with van der Waals surface area (Å²) in [5.41, 5.74) is 10.3. The Hall–Kier alpha value is -2.15. The Morgan fingerprint density at radius 1 is 1.43 bits per heavy atom. The number of aryl methyl sites for hydroxylation is 1. The molecule has 0 spiro atoms. The van der Waals surface area contributed by atoms with Gasteiger partial charge in [-0.2, -0.15) is 5.10 Å². The van der Waals surface area contributed by atoms with Crippen LogP contribution in [-0.4, -0.2) is 23.9 Å². The van der Waals surface area contributed by atoms with Gasteiger partial charge in [-0.25, -0.2) is 0 Å². The average molecular weight is 309 g/mol. The molecule has 0 atom stereocenters. The molecule has 0 saturated carbocycles. The molecule has 7 heteroatoms. The Bertz CT molecular complexity index is 585. The van der Waals surface area contributed by atoms with Crippen molar-refractivity contribution in [3.8, 4) is 11.5 Å². The Kier molecular flexibility index (Phi) is 6.10. The van der Waals surface area contributed by atoms with E-state index in [9.17, 15) is 4.79 Å². The molecule has 0 aromatic heterocycles. The average Bonchev–Trinajstić information content (AvgIpc) is 2.39. The van der Waals surface area contributed by atoms with Crippen molar-refractivity contribution in [3.05, 3.63) is 22.8 Å². The molecule has 6 nitrogen and oxygen atoms in total. The van der Waals surface area contributed by atoms with Crippen LogP contribution < -0.4 is 20.6 Å². The third-order valence-electron chi connectivity index (χ3n) is 2.80. The molecule has 1 aromatic carbocycles. The van der Waals surface area contributed by atoms with Gasteiger partial charge in [-0.1, -0.05) is 0 Å². The number of nitrogens with zero attached hydrogens (tertiary/aromatic N) is 1. The number of esters is 1. The van der Waals surface area contributed by atoms with Crippen LogP contribution >= 0.6 is 12.2 Å². The number of benzene rings is 1. The molecule has 114 valence electrons. The summed E-state index contributed by atoms with van der Waals surface area (Å²) in [6, 6.07) is 1.83. The van der Waals surface area contributed by atoms with Crippen molar-refractivity contribution in [2.45, 2.75) is 27.7 Å². The number of hydrogen-bond acceptors (Lipinski definition) is 5. The number of hydrazone groups is 1. The van der Waals surface area contributed by atoms with Gasteiger partial charge in [0.2, 0.25) is 0 Å². The van der Waals surface area contributed by atoms with E-state index in [-0.39, 0.29) is 17.7 Å². The van der Waals surface area contributed by atoms with Crippen LogP contribution in [0.15, 0.2) is 11.2 Å². The van der Waals surface area contributed by atoms with E-state index in [1.54, 1.807) is 0 Å². The smallest absolute Gasteiger partial charge is 0.308 e. The number of rotatable bonds is 5. The number of thiocarbonyl (C=S) groups is 1. The zero-order valence-corrected chi connectivity index (χ0v) is 13.3. The Labute approximate surface area is 129 Å². The van der Waals surface area contributed by atoms with Gasteiger partial charge >= 0.3 is 5.97 Å². The maximum atomic E-state index is 11.1.